The Bertz CT molecular complexity index is 482. The molecule has 0 aliphatic carbocycles. The highest BCUT2D eigenvalue weighted by molar-refractivity contribution is 7.85. The van der Waals surface area contributed by atoms with Crippen LogP contribution in [-0.4, -0.2) is 13.0 Å². The maximum absolute atomic E-state index is 10.9. The lowest BCUT2D eigenvalue weighted by atomic mass is 10.1. The van der Waals surface area contributed by atoms with Gasteiger partial charge in [0.15, 0.2) is 0 Å². The zero-order valence-electron chi connectivity index (χ0n) is 7.70. The molecule has 6 heteroatoms. The van der Waals surface area contributed by atoms with Gasteiger partial charge in [0.2, 0.25) is 0 Å². The Hall–Kier alpha value is -0.780. The molecule has 0 unspecified atom stereocenters. The fourth-order valence-electron chi connectivity index (χ4n) is 1.15. The van der Waals surface area contributed by atoms with Crippen LogP contribution in [-0.2, 0) is 10.1 Å². The van der Waals surface area contributed by atoms with Gasteiger partial charge in [0.05, 0.1) is 15.6 Å². The van der Waals surface area contributed by atoms with E-state index in [-0.39, 0.29) is 16.1 Å². The van der Waals surface area contributed by atoms with Crippen molar-refractivity contribution < 1.29 is 13.0 Å². The van der Waals surface area contributed by atoms with Gasteiger partial charge in [-0.15, -0.1) is 0 Å². The molecule has 0 amide bonds. The van der Waals surface area contributed by atoms with Gasteiger partial charge in [-0.1, -0.05) is 11.6 Å². The molecule has 0 radical (unpaired) electrons. The SMILES string of the molecule is Cc1cc(S(=O)(=O)O)c(C)c(N)c1Cl. The second-order valence-corrected chi connectivity index (χ2v) is 4.79. The number of nitrogen functional groups attached to an aromatic ring is 1. The third-order valence-electron chi connectivity index (χ3n) is 1.98. The summed E-state index contributed by atoms with van der Waals surface area (Å²) >= 11 is 5.80. The van der Waals surface area contributed by atoms with E-state index in [1.807, 2.05) is 0 Å². The number of halogens is 1. The van der Waals surface area contributed by atoms with Crippen molar-refractivity contribution in [3.05, 3.63) is 22.2 Å². The summed E-state index contributed by atoms with van der Waals surface area (Å²) in [6, 6.07) is 1.30. The lowest BCUT2D eigenvalue weighted by Crippen LogP contribution is -2.05. The first kappa shape index (κ1) is 11.3. The summed E-state index contributed by atoms with van der Waals surface area (Å²) in [6.45, 7) is 3.11. The Balaban J connectivity index is 3.66. The Morgan fingerprint density at radius 1 is 1.43 bits per heavy atom. The number of nitrogens with two attached hydrogens (primary N) is 1. The maximum atomic E-state index is 10.9. The lowest BCUT2D eigenvalue weighted by molar-refractivity contribution is 0.482. The number of anilines is 1. The minimum absolute atomic E-state index is 0.180. The number of hydrogen-bond donors (Lipinski definition) is 2. The molecule has 0 heterocycles. The number of benzene rings is 1. The molecule has 0 spiro atoms. The first-order valence-electron chi connectivity index (χ1n) is 3.78. The molecule has 3 N–H and O–H groups in total. The van der Waals surface area contributed by atoms with E-state index in [4.69, 9.17) is 21.9 Å². The number of aryl methyl sites for hydroxylation is 1. The molecule has 0 saturated carbocycles. The topological polar surface area (TPSA) is 80.4 Å². The van der Waals surface area contributed by atoms with E-state index < -0.39 is 10.1 Å². The smallest absolute Gasteiger partial charge is 0.294 e. The van der Waals surface area contributed by atoms with Gasteiger partial charge >= 0.3 is 0 Å². The van der Waals surface area contributed by atoms with Gasteiger partial charge in [-0.2, -0.15) is 8.42 Å². The molecule has 14 heavy (non-hydrogen) atoms. The van der Waals surface area contributed by atoms with Crippen LogP contribution in [0.2, 0.25) is 5.02 Å². The predicted octanol–water partition coefficient (Wildman–Crippen LogP) is 1.79. The van der Waals surface area contributed by atoms with E-state index in [2.05, 4.69) is 0 Å². The summed E-state index contributed by atoms with van der Waals surface area (Å²) in [4.78, 5) is -0.197. The minimum Gasteiger partial charge on any atom is -0.397 e. The average Bonchev–Trinajstić information content (AvgIpc) is 2.06. The summed E-state index contributed by atoms with van der Waals surface area (Å²) in [5.74, 6) is 0. The van der Waals surface area contributed by atoms with Gasteiger partial charge in [0.1, 0.15) is 0 Å². The summed E-state index contributed by atoms with van der Waals surface area (Å²) in [5, 5.41) is 0.315. The third kappa shape index (κ3) is 1.84. The standard InChI is InChI=1S/C8H10ClNO3S/c1-4-3-6(14(11,12)13)5(2)8(10)7(4)9/h3H,10H2,1-2H3,(H,11,12,13). The zero-order chi connectivity index (χ0) is 11.1. The average molecular weight is 236 g/mol. The van der Waals surface area contributed by atoms with Crippen molar-refractivity contribution in [1.29, 1.82) is 0 Å². The molecule has 0 aliphatic rings. The molecular formula is C8H10ClNO3S. The van der Waals surface area contributed by atoms with Crippen LogP contribution in [0.3, 0.4) is 0 Å². The van der Waals surface area contributed by atoms with Crippen LogP contribution in [0.15, 0.2) is 11.0 Å². The van der Waals surface area contributed by atoms with Crippen LogP contribution in [0.4, 0.5) is 5.69 Å². The van der Waals surface area contributed by atoms with Crippen molar-refractivity contribution in [1.82, 2.24) is 0 Å². The third-order valence-corrected chi connectivity index (χ3v) is 3.46. The number of rotatable bonds is 1. The minimum atomic E-state index is -4.23. The molecular weight excluding hydrogens is 226 g/mol. The van der Waals surface area contributed by atoms with E-state index in [0.29, 0.717) is 10.6 Å². The van der Waals surface area contributed by atoms with Crippen molar-refractivity contribution >= 4 is 27.4 Å². The van der Waals surface area contributed by atoms with Gasteiger partial charge in [-0.05, 0) is 31.0 Å². The largest absolute Gasteiger partial charge is 0.397 e. The molecule has 1 aromatic carbocycles. The van der Waals surface area contributed by atoms with E-state index in [1.165, 1.54) is 13.0 Å². The number of hydrogen-bond acceptors (Lipinski definition) is 3. The summed E-state index contributed by atoms with van der Waals surface area (Å²) < 4.78 is 30.7. The van der Waals surface area contributed by atoms with Gasteiger partial charge in [-0.3, -0.25) is 4.55 Å². The van der Waals surface area contributed by atoms with Gasteiger partial charge in [0.25, 0.3) is 10.1 Å². The normalized spacial score (nSPS) is 11.7. The molecule has 0 aliphatic heterocycles. The highest BCUT2D eigenvalue weighted by Crippen LogP contribution is 2.31. The highest BCUT2D eigenvalue weighted by Gasteiger charge is 2.18. The molecule has 0 atom stereocenters. The Morgan fingerprint density at radius 2 is 1.93 bits per heavy atom. The Morgan fingerprint density at radius 3 is 2.36 bits per heavy atom. The molecule has 4 nitrogen and oxygen atoms in total. The van der Waals surface area contributed by atoms with Crippen LogP contribution in [0.25, 0.3) is 0 Å². The van der Waals surface area contributed by atoms with Crippen LogP contribution < -0.4 is 5.73 Å². The quantitative estimate of drug-likeness (QED) is 0.574. The summed E-state index contributed by atoms with van der Waals surface area (Å²) in [6.07, 6.45) is 0. The monoisotopic (exact) mass is 235 g/mol. The van der Waals surface area contributed by atoms with Crippen molar-refractivity contribution in [2.24, 2.45) is 0 Å². The summed E-state index contributed by atoms with van der Waals surface area (Å²) in [7, 11) is -4.23. The highest BCUT2D eigenvalue weighted by atomic mass is 35.5. The predicted molar refractivity (Wildman–Crippen MR) is 55.2 cm³/mol. The zero-order valence-corrected chi connectivity index (χ0v) is 9.28. The van der Waals surface area contributed by atoms with Gasteiger partial charge in [-0.25, -0.2) is 0 Å². The molecule has 1 aromatic rings. The van der Waals surface area contributed by atoms with Crippen LogP contribution in [0, 0.1) is 13.8 Å². The van der Waals surface area contributed by atoms with Crippen LogP contribution in [0.1, 0.15) is 11.1 Å². The van der Waals surface area contributed by atoms with Crippen LogP contribution >= 0.6 is 11.6 Å². The van der Waals surface area contributed by atoms with Crippen molar-refractivity contribution in [2.45, 2.75) is 18.7 Å². The Labute approximate surface area is 87.4 Å². The van der Waals surface area contributed by atoms with Crippen molar-refractivity contribution in [3.63, 3.8) is 0 Å². The van der Waals surface area contributed by atoms with E-state index >= 15 is 0 Å². The van der Waals surface area contributed by atoms with E-state index in [1.54, 1.807) is 6.92 Å². The molecule has 0 fully saturated rings. The fraction of sp³-hybridized carbons (Fsp3) is 0.250. The van der Waals surface area contributed by atoms with E-state index in [0.717, 1.165) is 0 Å². The van der Waals surface area contributed by atoms with Crippen molar-refractivity contribution in [3.8, 4) is 0 Å². The first-order valence-corrected chi connectivity index (χ1v) is 5.59. The second kappa shape index (κ2) is 3.42. The summed E-state index contributed by atoms with van der Waals surface area (Å²) in [5.41, 5.74) is 6.54. The molecule has 0 aromatic heterocycles. The lowest BCUT2D eigenvalue weighted by Gasteiger charge is -2.09. The molecule has 78 valence electrons. The maximum Gasteiger partial charge on any atom is 0.294 e. The molecule has 0 bridgehead atoms. The van der Waals surface area contributed by atoms with E-state index in [9.17, 15) is 8.42 Å². The van der Waals surface area contributed by atoms with Gasteiger partial charge < -0.3 is 5.73 Å². The fourth-order valence-corrected chi connectivity index (χ4v) is 2.16. The van der Waals surface area contributed by atoms with Crippen LogP contribution in [0.5, 0.6) is 0 Å². The molecule has 0 saturated heterocycles. The Kier molecular flexibility index (Phi) is 2.76. The first-order chi connectivity index (χ1) is 6.25. The molecule has 1 rings (SSSR count). The second-order valence-electron chi connectivity index (χ2n) is 3.02. The van der Waals surface area contributed by atoms with Crippen molar-refractivity contribution in [2.75, 3.05) is 5.73 Å². The van der Waals surface area contributed by atoms with Gasteiger partial charge in [0, 0.05) is 0 Å².